The molecule has 2 fully saturated rings. The summed E-state index contributed by atoms with van der Waals surface area (Å²) in [4.78, 5) is 11.1. The fourth-order valence-corrected chi connectivity index (χ4v) is 4.94. The van der Waals surface area contributed by atoms with E-state index in [9.17, 15) is 14.5 Å². The molecule has 3 N–H and O–H groups in total. The second-order valence-corrected chi connectivity index (χ2v) is 8.94. The lowest BCUT2D eigenvalue weighted by Crippen LogP contribution is -2.55. The number of hydrogen-bond acceptors (Lipinski definition) is 5. The lowest BCUT2D eigenvalue weighted by Gasteiger charge is -2.36. The Balaban J connectivity index is 1.54. The molecule has 1 heterocycles. The fraction of sp³-hybridized carbons (Fsp3) is 0.650. The Labute approximate surface area is 161 Å². The summed E-state index contributed by atoms with van der Waals surface area (Å²) in [5.41, 5.74) is 1.20. The first kappa shape index (κ1) is 20.4. The van der Waals surface area contributed by atoms with Crippen molar-refractivity contribution in [2.24, 2.45) is 5.92 Å². The molecule has 0 bridgehead atoms. The van der Waals surface area contributed by atoms with Crippen molar-refractivity contribution in [1.82, 2.24) is 5.32 Å². The van der Waals surface area contributed by atoms with Gasteiger partial charge in [-0.15, -0.1) is 0 Å². The van der Waals surface area contributed by atoms with Crippen molar-refractivity contribution in [3.05, 3.63) is 35.4 Å². The minimum Gasteiger partial charge on any atom is -0.478 e. The number of ether oxygens (including phenoxy) is 1. The number of aliphatic hydroxyl groups is 1. The topological polar surface area (TPSA) is 95.9 Å². The highest BCUT2D eigenvalue weighted by Crippen LogP contribution is 2.39. The summed E-state index contributed by atoms with van der Waals surface area (Å²) < 4.78 is 17.7. The number of rotatable bonds is 7. The molecule has 1 aromatic carbocycles. The van der Waals surface area contributed by atoms with Crippen molar-refractivity contribution in [2.45, 2.75) is 62.4 Å². The average Bonchev–Trinajstić information content (AvgIpc) is 2.69. The van der Waals surface area contributed by atoms with Gasteiger partial charge in [-0.25, -0.2) is 4.79 Å². The third-order valence-corrected chi connectivity index (χ3v) is 6.66. The van der Waals surface area contributed by atoms with Crippen molar-refractivity contribution in [3.8, 4) is 0 Å². The summed E-state index contributed by atoms with van der Waals surface area (Å²) >= 11 is 0. The Bertz CT molecular complexity index is 656. The van der Waals surface area contributed by atoms with Gasteiger partial charge in [0.2, 0.25) is 0 Å². The van der Waals surface area contributed by atoms with Gasteiger partial charge in [0.25, 0.3) is 5.34 Å². The maximum absolute atomic E-state index is 11.8. The third kappa shape index (κ3) is 5.35. The van der Waals surface area contributed by atoms with Crippen LogP contribution in [0.5, 0.6) is 0 Å². The SMILES string of the molecule is O=[PH+]C(O)(CC1CCCCC1)[C@H]1CN[C@H](Cc2cccc(C(=O)O)c2)CO1. The minimum absolute atomic E-state index is 0.0409. The average molecular weight is 394 g/mol. The molecule has 1 saturated heterocycles. The summed E-state index contributed by atoms with van der Waals surface area (Å²) in [6, 6.07) is 6.94. The maximum atomic E-state index is 11.8. The molecule has 0 radical (unpaired) electrons. The first-order valence-electron chi connectivity index (χ1n) is 9.79. The molecule has 0 aromatic heterocycles. The second kappa shape index (κ2) is 9.24. The fourth-order valence-electron chi connectivity index (χ4n) is 4.25. The molecule has 3 rings (SSSR count). The van der Waals surface area contributed by atoms with E-state index >= 15 is 0 Å². The van der Waals surface area contributed by atoms with Crippen molar-refractivity contribution in [1.29, 1.82) is 0 Å². The van der Waals surface area contributed by atoms with E-state index in [1.807, 2.05) is 6.07 Å². The van der Waals surface area contributed by atoms with Crippen molar-refractivity contribution in [3.63, 3.8) is 0 Å². The van der Waals surface area contributed by atoms with Gasteiger partial charge in [-0.05, 0) is 30.0 Å². The Morgan fingerprint density at radius 1 is 1.30 bits per heavy atom. The molecule has 0 spiro atoms. The van der Waals surface area contributed by atoms with E-state index < -0.39 is 25.9 Å². The van der Waals surface area contributed by atoms with Crippen molar-refractivity contribution >= 4 is 14.4 Å². The number of hydrogen-bond donors (Lipinski definition) is 3. The quantitative estimate of drug-likeness (QED) is 0.616. The van der Waals surface area contributed by atoms with Crippen LogP contribution >= 0.6 is 8.46 Å². The highest BCUT2D eigenvalue weighted by molar-refractivity contribution is 7.25. The predicted molar refractivity (Wildman–Crippen MR) is 104 cm³/mol. The van der Waals surface area contributed by atoms with Crippen LogP contribution in [0.3, 0.4) is 0 Å². The molecule has 2 aliphatic rings. The number of carboxylic acid groups (broad SMARTS) is 1. The van der Waals surface area contributed by atoms with Crippen LogP contribution in [0.4, 0.5) is 0 Å². The third-order valence-electron chi connectivity index (χ3n) is 5.78. The van der Waals surface area contributed by atoms with Gasteiger partial charge in [-0.1, -0.05) is 48.8 Å². The van der Waals surface area contributed by atoms with E-state index in [0.717, 1.165) is 18.4 Å². The minimum atomic E-state index is -1.29. The second-order valence-electron chi connectivity index (χ2n) is 7.87. The highest BCUT2D eigenvalue weighted by atomic mass is 31.1. The maximum Gasteiger partial charge on any atom is 0.362 e. The first-order chi connectivity index (χ1) is 13.0. The molecular formula is C20H29NO5P+. The summed E-state index contributed by atoms with van der Waals surface area (Å²) in [6.45, 7) is 0.848. The molecule has 0 amide bonds. The monoisotopic (exact) mass is 394 g/mol. The first-order valence-corrected chi connectivity index (χ1v) is 10.7. The zero-order valence-electron chi connectivity index (χ0n) is 15.5. The Morgan fingerprint density at radius 3 is 2.70 bits per heavy atom. The van der Waals surface area contributed by atoms with E-state index in [0.29, 0.717) is 31.9 Å². The number of morpholine rings is 1. The van der Waals surface area contributed by atoms with Crippen molar-refractivity contribution < 1.29 is 24.3 Å². The molecule has 7 heteroatoms. The molecule has 1 aliphatic heterocycles. The molecule has 1 saturated carbocycles. The van der Waals surface area contributed by atoms with Crippen LogP contribution in [0, 0.1) is 5.92 Å². The molecule has 2 unspecified atom stereocenters. The molecule has 1 aliphatic carbocycles. The number of aromatic carboxylic acids is 1. The zero-order chi connectivity index (χ0) is 19.3. The molecule has 4 atom stereocenters. The normalized spacial score (nSPS) is 26.6. The van der Waals surface area contributed by atoms with Crippen molar-refractivity contribution in [2.75, 3.05) is 13.2 Å². The summed E-state index contributed by atoms with van der Waals surface area (Å²) in [6.07, 6.45) is 6.51. The van der Waals surface area contributed by atoms with Crippen LogP contribution in [0.25, 0.3) is 0 Å². The van der Waals surface area contributed by atoms with Gasteiger partial charge >= 0.3 is 14.4 Å². The van der Waals surface area contributed by atoms with E-state index in [1.165, 1.54) is 19.3 Å². The van der Waals surface area contributed by atoms with E-state index in [2.05, 4.69) is 5.32 Å². The van der Waals surface area contributed by atoms with Gasteiger partial charge in [0, 0.05) is 19.0 Å². The van der Waals surface area contributed by atoms with Crippen LogP contribution in [-0.4, -0.2) is 46.8 Å². The van der Waals surface area contributed by atoms with Crippen LogP contribution in [0.1, 0.15) is 54.4 Å². The largest absolute Gasteiger partial charge is 0.478 e. The van der Waals surface area contributed by atoms with Crippen LogP contribution in [-0.2, 0) is 15.7 Å². The van der Waals surface area contributed by atoms with Gasteiger partial charge in [0.15, 0.2) is 0 Å². The molecule has 148 valence electrons. The number of carbonyl (C=O) groups is 1. The van der Waals surface area contributed by atoms with Gasteiger partial charge < -0.3 is 20.3 Å². The number of carboxylic acids is 1. The summed E-state index contributed by atoms with van der Waals surface area (Å²) in [7, 11) is -0.807. The number of nitrogens with one attached hydrogen (secondary N) is 1. The van der Waals surface area contributed by atoms with Gasteiger partial charge in [-0.3, -0.25) is 0 Å². The molecule has 27 heavy (non-hydrogen) atoms. The van der Waals surface area contributed by atoms with E-state index in [1.54, 1.807) is 18.2 Å². The Hall–Kier alpha value is -1.33. The Kier molecular flexibility index (Phi) is 6.99. The Morgan fingerprint density at radius 2 is 2.07 bits per heavy atom. The predicted octanol–water partition coefficient (Wildman–Crippen LogP) is 2.97. The van der Waals surface area contributed by atoms with Crippen LogP contribution in [0.15, 0.2) is 24.3 Å². The lowest BCUT2D eigenvalue weighted by atomic mass is 9.84. The van der Waals surface area contributed by atoms with Crippen LogP contribution in [0.2, 0.25) is 0 Å². The van der Waals surface area contributed by atoms with E-state index in [-0.39, 0.29) is 11.6 Å². The zero-order valence-corrected chi connectivity index (χ0v) is 16.5. The number of benzene rings is 1. The summed E-state index contributed by atoms with van der Waals surface area (Å²) in [5.74, 6) is -0.515. The van der Waals surface area contributed by atoms with Crippen LogP contribution < -0.4 is 5.32 Å². The molecule has 6 nitrogen and oxygen atoms in total. The molecule has 1 aromatic rings. The van der Waals surface area contributed by atoms with E-state index in [4.69, 9.17) is 9.84 Å². The van der Waals surface area contributed by atoms with Gasteiger partial charge in [0.1, 0.15) is 6.10 Å². The summed E-state index contributed by atoms with van der Waals surface area (Å²) in [5, 5.41) is 22.1. The lowest BCUT2D eigenvalue weighted by molar-refractivity contribution is -0.0942. The van der Waals surface area contributed by atoms with Gasteiger partial charge in [0.05, 0.1) is 12.2 Å². The molecular weight excluding hydrogens is 365 g/mol. The highest BCUT2D eigenvalue weighted by Gasteiger charge is 2.49. The smallest absolute Gasteiger partial charge is 0.362 e. The van der Waals surface area contributed by atoms with Gasteiger partial charge in [-0.2, -0.15) is 0 Å². The standard InChI is InChI=1S/C20H28NO5P/c22-19(23)16-8-4-7-15(9-16)10-17-13-26-18(12-21-17)20(24,27-25)11-14-5-2-1-3-6-14/h4,7-9,14,17-18,21,24H,1-3,5-6,10-13H2,(H,22,23)/p+1/t17-,18-,20?/m1/s1.